The minimum Gasteiger partial charge on any atom is -0.373 e. The van der Waals surface area contributed by atoms with Crippen LogP contribution in [0.15, 0.2) is 0 Å². The standard InChI is InChI=1S/C12H24N2O/c1-11(2)9-14(7-8-15-11)10-12(3-4-12)5-6-13/h3-10,13H2,1-2H3. The Bertz CT molecular complexity index is 224. The second-order valence-electron chi connectivity index (χ2n) is 5.86. The highest BCUT2D eigenvalue weighted by Gasteiger charge is 2.44. The zero-order valence-electron chi connectivity index (χ0n) is 10.1. The maximum Gasteiger partial charge on any atom is 0.0753 e. The number of nitrogens with two attached hydrogens (primary N) is 1. The van der Waals surface area contributed by atoms with Gasteiger partial charge in [-0.1, -0.05) is 0 Å². The van der Waals surface area contributed by atoms with E-state index in [9.17, 15) is 0 Å². The fraction of sp³-hybridized carbons (Fsp3) is 1.00. The molecule has 3 heteroatoms. The lowest BCUT2D eigenvalue weighted by Crippen LogP contribution is -2.50. The van der Waals surface area contributed by atoms with Crippen LogP contribution in [0.5, 0.6) is 0 Å². The summed E-state index contributed by atoms with van der Waals surface area (Å²) in [7, 11) is 0. The Labute approximate surface area is 93.0 Å². The average Bonchev–Trinajstić information content (AvgIpc) is 2.83. The SMILES string of the molecule is CC1(C)CN(CC2(CCN)CC2)CCO1. The molecule has 1 saturated carbocycles. The van der Waals surface area contributed by atoms with Gasteiger partial charge in [-0.25, -0.2) is 0 Å². The van der Waals surface area contributed by atoms with E-state index in [4.69, 9.17) is 10.5 Å². The molecule has 2 rings (SSSR count). The van der Waals surface area contributed by atoms with Crippen molar-refractivity contribution in [3.63, 3.8) is 0 Å². The van der Waals surface area contributed by atoms with Crippen molar-refractivity contribution < 1.29 is 4.74 Å². The first-order valence-corrected chi connectivity index (χ1v) is 6.12. The van der Waals surface area contributed by atoms with Gasteiger partial charge in [0.05, 0.1) is 12.2 Å². The van der Waals surface area contributed by atoms with Crippen LogP contribution in [0.3, 0.4) is 0 Å². The topological polar surface area (TPSA) is 38.5 Å². The molecule has 3 nitrogen and oxygen atoms in total. The summed E-state index contributed by atoms with van der Waals surface area (Å²) in [6.45, 7) is 9.48. The highest BCUT2D eigenvalue weighted by Crippen LogP contribution is 2.49. The lowest BCUT2D eigenvalue weighted by molar-refractivity contribution is -0.0901. The fourth-order valence-electron chi connectivity index (χ4n) is 2.69. The van der Waals surface area contributed by atoms with Crippen molar-refractivity contribution in [2.45, 2.75) is 38.7 Å². The highest BCUT2D eigenvalue weighted by atomic mass is 16.5. The normalized spacial score (nSPS) is 29.0. The van der Waals surface area contributed by atoms with Crippen molar-refractivity contribution >= 4 is 0 Å². The molecule has 0 atom stereocenters. The van der Waals surface area contributed by atoms with Crippen LogP contribution in [0, 0.1) is 5.41 Å². The van der Waals surface area contributed by atoms with Crippen LogP contribution >= 0.6 is 0 Å². The summed E-state index contributed by atoms with van der Waals surface area (Å²) in [4.78, 5) is 2.56. The minimum absolute atomic E-state index is 0.0387. The lowest BCUT2D eigenvalue weighted by Gasteiger charge is -2.39. The number of rotatable bonds is 4. The number of hydrogen-bond donors (Lipinski definition) is 1. The molecule has 0 unspecified atom stereocenters. The van der Waals surface area contributed by atoms with Gasteiger partial charge >= 0.3 is 0 Å². The Hall–Kier alpha value is -0.120. The van der Waals surface area contributed by atoms with Crippen LogP contribution < -0.4 is 5.73 Å². The maximum atomic E-state index is 5.72. The molecule has 0 radical (unpaired) electrons. The smallest absolute Gasteiger partial charge is 0.0753 e. The molecule has 1 heterocycles. The van der Waals surface area contributed by atoms with E-state index in [0.29, 0.717) is 5.41 Å². The van der Waals surface area contributed by atoms with E-state index in [1.165, 1.54) is 25.8 Å². The molecule has 2 N–H and O–H groups in total. The summed E-state index contributed by atoms with van der Waals surface area (Å²) < 4.78 is 5.72. The summed E-state index contributed by atoms with van der Waals surface area (Å²) in [5.74, 6) is 0. The van der Waals surface area contributed by atoms with E-state index in [0.717, 1.165) is 26.2 Å². The molecule has 0 bridgehead atoms. The maximum absolute atomic E-state index is 5.72. The number of hydrogen-bond acceptors (Lipinski definition) is 3. The predicted molar refractivity (Wildman–Crippen MR) is 61.8 cm³/mol. The molecule has 0 spiro atoms. The first-order valence-electron chi connectivity index (χ1n) is 6.12. The molecular formula is C12H24N2O. The Morgan fingerprint density at radius 1 is 1.33 bits per heavy atom. The van der Waals surface area contributed by atoms with E-state index in [2.05, 4.69) is 18.7 Å². The lowest BCUT2D eigenvalue weighted by atomic mass is 9.99. The monoisotopic (exact) mass is 212 g/mol. The molecule has 0 aromatic rings. The fourth-order valence-corrected chi connectivity index (χ4v) is 2.69. The van der Waals surface area contributed by atoms with Crippen LogP contribution in [0.1, 0.15) is 33.1 Å². The van der Waals surface area contributed by atoms with Crippen LogP contribution in [-0.4, -0.2) is 43.3 Å². The van der Waals surface area contributed by atoms with Crippen LogP contribution in [0.25, 0.3) is 0 Å². The van der Waals surface area contributed by atoms with Gasteiger partial charge in [0.1, 0.15) is 0 Å². The van der Waals surface area contributed by atoms with Gasteiger partial charge in [-0.15, -0.1) is 0 Å². The summed E-state index contributed by atoms with van der Waals surface area (Å²) in [5, 5.41) is 0. The second kappa shape index (κ2) is 4.04. The Kier molecular flexibility index (Phi) is 3.06. The van der Waals surface area contributed by atoms with E-state index in [-0.39, 0.29) is 5.60 Å². The van der Waals surface area contributed by atoms with Gasteiger partial charge in [-0.3, -0.25) is 4.90 Å². The van der Waals surface area contributed by atoms with Gasteiger partial charge in [0.25, 0.3) is 0 Å². The van der Waals surface area contributed by atoms with E-state index in [1.54, 1.807) is 0 Å². The van der Waals surface area contributed by atoms with Crippen LogP contribution in [0.4, 0.5) is 0 Å². The third-order valence-corrected chi connectivity index (χ3v) is 3.70. The Balaban J connectivity index is 1.84. The van der Waals surface area contributed by atoms with Crippen molar-refractivity contribution in [2.24, 2.45) is 11.1 Å². The van der Waals surface area contributed by atoms with Gasteiger partial charge in [0.15, 0.2) is 0 Å². The van der Waals surface area contributed by atoms with E-state index >= 15 is 0 Å². The van der Waals surface area contributed by atoms with Gasteiger partial charge in [-0.05, 0) is 45.1 Å². The molecule has 88 valence electrons. The van der Waals surface area contributed by atoms with Crippen LogP contribution in [0.2, 0.25) is 0 Å². The van der Waals surface area contributed by atoms with Crippen molar-refractivity contribution in [3.8, 4) is 0 Å². The number of ether oxygens (including phenoxy) is 1. The largest absolute Gasteiger partial charge is 0.373 e. The van der Waals surface area contributed by atoms with Gasteiger partial charge in [0, 0.05) is 19.6 Å². The Morgan fingerprint density at radius 2 is 2.07 bits per heavy atom. The minimum atomic E-state index is 0.0387. The molecule has 1 saturated heterocycles. The number of nitrogens with zero attached hydrogens (tertiary/aromatic N) is 1. The Morgan fingerprint density at radius 3 is 2.60 bits per heavy atom. The van der Waals surface area contributed by atoms with Gasteiger partial charge < -0.3 is 10.5 Å². The third kappa shape index (κ3) is 2.92. The average molecular weight is 212 g/mol. The molecule has 2 aliphatic rings. The summed E-state index contributed by atoms with van der Waals surface area (Å²) in [6.07, 6.45) is 3.95. The zero-order valence-corrected chi connectivity index (χ0v) is 10.1. The predicted octanol–water partition coefficient (Wildman–Crippen LogP) is 1.23. The molecule has 2 fully saturated rings. The molecular weight excluding hydrogens is 188 g/mol. The molecule has 0 aromatic heterocycles. The summed E-state index contributed by atoms with van der Waals surface area (Å²) in [6, 6.07) is 0. The quantitative estimate of drug-likeness (QED) is 0.761. The first kappa shape index (κ1) is 11.4. The van der Waals surface area contributed by atoms with Crippen LogP contribution in [-0.2, 0) is 4.74 Å². The molecule has 15 heavy (non-hydrogen) atoms. The zero-order chi connectivity index (χ0) is 10.9. The summed E-state index contributed by atoms with van der Waals surface area (Å²) in [5.41, 5.74) is 6.28. The van der Waals surface area contributed by atoms with E-state index < -0.39 is 0 Å². The van der Waals surface area contributed by atoms with Crippen molar-refractivity contribution in [1.29, 1.82) is 0 Å². The van der Waals surface area contributed by atoms with Crippen molar-refractivity contribution in [1.82, 2.24) is 4.90 Å². The first-order chi connectivity index (χ1) is 7.05. The van der Waals surface area contributed by atoms with Gasteiger partial charge in [0.2, 0.25) is 0 Å². The second-order valence-corrected chi connectivity index (χ2v) is 5.86. The van der Waals surface area contributed by atoms with Gasteiger partial charge in [-0.2, -0.15) is 0 Å². The highest BCUT2D eigenvalue weighted by molar-refractivity contribution is 4.96. The van der Waals surface area contributed by atoms with Crippen molar-refractivity contribution in [2.75, 3.05) is 32.8 Å². The number of morpholine rings is 1. The third-order valence-electron chi connectivity index (χ3n) is 3.70. The molecule has 0 aromatic carbocycles. The molecule has 0 amide bonds. The molecule has 1 aliphatic heterocycles. The van der Waals surface area contributed by atoms with Crippen molar-refractivity contribution in [3.05, 3.63) is 0 Å². The van der Waals surface area contributed by atoms with E-state index in [1.807, 2.05) is 0 Å². The summed E-state index contributed by atoms with van der Waals surface area (Å²) >= 11 is 0. The molecule has 1 aliphatic carbocycles.